The lowest BCUT2D eigenvalue weighted by molar-refractivity contribution is -0.165. The number of cyclic esters (lactones) is 2. The topological polar surface area (TPSA) is 166 Å². The highest BCUT2D eigenvalue weighted by molar-refractivity contribution is 7.15. The molecule has 0 fully saturated rings. The van der Waals surface area contributed by atoms with E-state index in [-0.39, 0.29) is 45.2 Å². The average Bonchev–Trinajstić information content (AvgIpc) is 3.78. The largest absolute Gasteiger partial charge is 0.511 e. The molecule has 0 spiro atoms. The van der Waals surface area contributed by atoms with Gasteiger partial charge in [0, 0.05) is 34.0 Å². The van der Waals surface area contributed by atoms with Crippen LogP contribution in [0.5, 0.6) is 0 Å². The Morgan fingerprint density at radius 3 is 1.58 bits per heavy atom. The van der Waals surface area contributed by atoms with Gasteiger partial charge in [0.2, 0.25) is 6.08 Å². The van der Waals surface area contributed by atoms with E-state index in [1.165, 1.54) is 30.3 Å². The van der Waals surface area contributed by atoms with E-state index in [1.807, 2.05) is 0 Å². The number of alkyl halides is 6. The minimum atomic E-state index is -4.50. The molecule has 6 rings (SSSR count). The summed E-state index contributed by atoms with van der Waals surface area (Å²) in [6.07, 6.45) is -8.29. The Kier molecular flexibility index (Phi) is 15.6. The first-order chi connectivity index (χ1) is 30.4. The number of aromatic nitrogens is 2. The zero-order valence-corrected chi connectivity index (χ0v) is 39.9. The lowest BCUT2D eigenvalue weighted by Crippen LogP contribution is -2.50. The molecule has 2 aromatic heterocycles. The molecule has 2 aliphatic rings. The number of rotatable bonds is 7. The molecule has 0 aliphatic carbocycles. The maximum absolute atomic E-state index is 13.2. The molecule has 0 radical (unpaired) electrons. The highest BCUT2D eigenvalue weighted by Crippen LogP contribution is 2.51. The molecule has 356 valence electrons. The van der Waals surface area contributed by atoms with Crippen molar-refractivity contribution in [2.45, 2.75) is 107 Å². The number of halogens is 6. The van der Waals surface area contributed by atoms with Gasteiger partial charge >= 0.3 is 30.4 Å². The van der Waals surface area contributed by atoms with E-state index in [9.17, 15) is 45.8 Å². The maximum atomic E-state index is 13.2. The second-order valence-corrected chi connectivity index (χ2v) is 19.4. The van der Waals surface area contributed by atoms with Gasteiger partial charge in [-0.05, 0) is 107 Å². The van der Waals surface area contributed by atoms with Crippen LogP contribution in [0.25, 0.3) is 32.3 Å². The number of carbonyl (C=O) groups excluding carboxylic acids is 4. The van der Waals surface area contributed by atoms with Gasteiger partial charge in [-0.3, -0.25) is 0 Å². The van der Waals surface area contributed by atoms with Crippen molar-refractivity contribution in [1.82, 2.24) is 15.3 Å². The second kappa shape index (κ2) is 19.5. The Morgan fingerprint density at radius 1 is 0.758 bits per heavy atom. The monoisotopic (exact) mass is 964 g/mol. The van der Waals surface area contributed by atoms with Crippen molar-refractivity contribution in [3.8, 4) is 21.1 Å². The standard InChI is InChI=1S/C23H25F3N2O4S.C20H20F3NO3S.C3H5NO/c1-7-27-20(30)31-17-15(19(29)32-22(5,6)21(17,3)4)16-12(2)33-18(28-16)13-9-8-10-14(11-13)23(24,25)26;1-10-14(13-15(25)18(2,3)19(4,5)27-17(13)26)24-16(28-10)11-7-6-8-12(9-11)20(21,22)23;1-2-4-3-5/h8-11H,7H2,1-6H3,(H,27,30);6-9,25H,1-5H3;2H2,1H3. The SMILES string of the molecule is CCN=C=O.CCNC(=O)OC1=C(c2nc(-c3cccc(C(F)(F)F)c3)sc2C)C(=O)OC(C)(C)C1(C)C.Cc1sc(-c2cccc(C(F)(F)F)c2)nc1C1=C(O)C(C)(C)C(C)(C)OC1=O. The summed E-state index contributed by atoms with van der Waals surface area (Å²) in [6, 6.07) is 9.65. The van der Waals surface area contributed by atoms with Crippen molar-refractivity contribution in [3.63, 3.8) is 0 Å². The summed E-state index contributed by atoms with van der Waals surface area (Å²) in [5, 5.41) is 14.0. The third-order valence-corrected chi connectivity index (χ3v) is 13.5. The van der Waals surface area contributed by atoms with Crippen LogP contribution in [0.3, 0.4) is 0 Å². The first-order valence-electron chi connectivity index (χ1n) is 20.3. The molecule has 1 amide bonds. The number of aryl methyl sites for hydroxylation is 2. The molecule has 2 aromatic carbocycles. The molecule has 0 saturated heterocycles. The molecule has 0 bridgehead atoms. The van der Waals surface area contributed by atoms with Crippen LogP contribution in [0.4, 0.5) is 31.1 Å². The van der Waals surface area contributed by atoms with Gasteiger partial charge in [0.25, 0.3) is 0 Å². The van der Waals surface area contributed by atoms with Gasteiger partial charge in [-0.1, -0.05) is 24.3 Å². The minimum Gasteiger partial charge on any atom is -0.511 e. The van der Waals surface area contributed by atoms with Crippen molar-refractivity contribution in [1.29, 1.82) is 0 Å². The highest BCUT2D eigenvalue weighted by Gasteiger charge is 2.53. The fourth-order valence-electron chi connectivity index (χ4n) is 6.28. The van der Waals surface area contributed by atoms with Crippen molar-refractivity contribution >= 4 is 57.9 Å². The first-order valence-corrected chi connectivity index (χ1v) is 21.9. The number of nitrogens with zero attached hydrogens (tertiary/aromatic N) is 3. The lowest BCUT2D eigenvalue weighted by Gasteiger charge is -2.45. The molecule has 0 atom stereocenters. The second-order valence-electron chi connectivity index (χ2n) is 17.0. The summed E-state index contributed by atoms with van der Waals surface area (Å²) in [6.45, 7) is 21.7. The van der Waals surface area contributed by atoms with Gasteiger partial charge in [0.15, 0.2) is 0 Å². The molecular weight excluding hydrogens is 915 g/mol. The van der Waals surface area contributed by atoms with Crippen LogP contribution < -0.4 is 5.32 Å². The van der Waals surface area contributed by atoms with Crippen LogP contribution in [0.2, 0.25) is 0 Å². The molecule has 12 nitrogen and oxygen atoms in total. The molecule has 20 heteroatoms. The molecule has 0 saturated carbocycles. The molecule has 2 N–H and O–H groups in total. The molecule has 66 heavy (non-hydrogen) atoms. The van der Waals surface area contributed by atoms with E-state index >= 15 is 0 Å². The summed E-state index contributed by atoms with van der Waals surface area (Å²) >= 11 is 2.29. The van der Waals surface area contributed by atoms with Gasteiger partial charge in [-0.15, -0.1) is 22.7 Å². The molecule has 4 aromatic rings. The van der Waals surface area contributed by atoms with E-state index in [2.05, 4.69) is 20.3 Å². The summed E-state index contributed by atoms with van der Waals surface area (Å²) < 4.78 is 95.3. The van der Waals surface area contributed by atoms with Crippen molar-refractivity contribution in [2.75, 3.05) is 13.1 Å². The number of isocyanates is 1. The number of benzene rings is 2. The van der Waals surface area contributed by atoms with Gasteiger partial charge in [-0.2, -0.15) is 26.3 Å². The van der Waals surface area contributed by atoms with Gasteiger partial charge in [0.05, 0.1) is 33.3 Å². The number of carbonyl (C=O) groups is 3. The van der Waals surface area contributed by atoms with Gasteiger partial charge in [-0.25, -0.2) is 34.1 Å². The number of amides is 1. The summed E-state index contributed by atoms with van der Waals surface area (Å²) in [7, 11) is 0. The predicted molar refractivity (Wildman–Crippen MR) is 238 cm³/mol. The number of aliphatic imine (C=N–C) groups is 1. The molecular formula is C46H50F6N4O8S2. The van der Waals surface area contributed by atoms with Crippen molar-refractivity contribution in [2.24, 2.45) is 15.8 Å². The molecule has 0 unspecified atom stereocenters. The van der Waals surface area contributed by atoms with E-state index in [1.54, 1.807) is 83.1 Å². The number of hydrogen-bond donors (Lipinski definition) is 2. The number of thiazole rings is 2. The summed E-state index contributed by atoms with van der Waals surface area (Å²) in [4.78, 5) is 60.2. The van der Waals surface area contributed by atoms with Crippen LogP contribution >= 0.6 is 22.7 Å². The third-order valence-electron chi connectivity index (χ3n) is 11.4. The fraction of sp³-hybridized carbons (Fsp3) is 0.435. The van der Waals surface area contributed by atoms with Gasteiger partial charge < -0.3 is 24.6 Å². The van der Waals surface area contributed by atoms with E-state index in [0.717, 1.165) is 46.9 Å². The smallest absolute Gasteiger partial charge is 0.416 e. The zero-order valence-electron chi connectivity index (χ0n) is 38.3. The number of ether oxygens (including phenoxy) is 3. The van der Waals surface area contributed by atoms with E-state index < -0.39 is 63.5 Å². The Bertz CT molecular complexity index is 2620. The average molecular weight is 965 g/mol. The van der Waals surface area contributed by atoms with Crippen LogP contribution in [0.1, 0.15) is 102 Å². The fourth-order valence-corrected chi connectivity index (χ4v) is 8.12. The number of hydrogen-bond acceptors (Lipinski definition) is 13. The summed E-state index contributed by atoms with van der Waals surface area (Å²) in [5.74, 6) is -1.47. The number of nitrogens with one attached hydrogen (secondary N) is 1. The Morgan fingerprint density at radius 2 is 1.18 bits per heavy atom. The van der Waals surface area contributed by atoms with Crippen LogP contribution in [0, 0.1) is 24.7 Å². The van der Waals surface area contributed by atoms with E-state index in [4.69, 9.17) is 19.0 Å². The quantitative estimate of drug-likeness (QED) is 0.0598. The predicted octanol–water partition coefficient (Wildman–Crippen LogP) is 12.1. The first kappa shape index (κ1) is 52.8. The van der Waals surface area contributed by atoms with Crippen LogP contribution in [-0.4, -0.2) is 63.5 Å². The number of aliphatic hydroxyl groups excluding tert-OH is 1. The zero-order chi connectivity index (χ0) is 50.0. The van der Waals surface area contributed by atoms with Crippen molar-refractivity contribution < 1.29 is 64.8 Å². The Balaban J connectivity index is 0.000000264. The van der Waals surface area contributed by atoms with Crippen LogP contribution in [-0.2, 0) is 40.9 Å². The van der Waals surface area contributed by atoms with Crippen molar-refractivity contribution in [3.05, 3.63) is 92.3 Å². The van der Waals surface area contributed by atoms with Gasteiger partial charge in [0.1, 0.15) is 43.9 Å². The normalized spacial score (nSPS) is 17.2. The number of alkyl carbamates (subject to hydrolysis) is 1. The lowest BCUT2D eigenvalue weighted by atomic mass is 9.72. The molecule has 2 aliphatic heterocycles. The Labute approximate surface area is 385 Å². The highest BCUT2D eigenvalue weighted by atomic mass is 32.1. The maximum Gasteiger partial charge on any atom is 0.416 e. The van der Waals surface area contributed by atoms with E-state index in [0.29, 0.717) is 32.9 Å². The van der Waals surface area contributed by atoms with Crippen LogP contribution in [0.15, 0.2) is 65.0 Å². The Hall–Kier alpha value is -5.85. The minimum absolute atomic E-state index is 0.0162. The number of esters is 2. The third kappa shape index (κ3) is 11.0. The number of aliphatic hydroxyl groups is 1. The molecule has 4 heterocycles. The summed E-state index contributed by atoms with van der Waals surface area (Å²) in [5.41, 5.74) is -4.34.